The Labute approximate surface area is 155 Å². The van der Waals surface area contributed by atoms with Gasteiger partial charge in [0.05, 0.1) is 12.1 Å². The monoisotopic (exact) mass is 377 g/mol. The highest BCUT2D eigenvalue weighted by Gasteiger charge is 2.33. The number of carbonyl (C=O) groups is 1. The van der Waals surface area contributed by atoms with E-state index in [1.54, 1.807) is 18.2 Å². The molecule has 0 spiro atoms. The van der Waals surface area contributed by atoms with E-state index in [1.165, 1.54) is 12.7 Å². The molecule has 2 rings (SSSR count). The van der Waals surface area contributed by atoms with E-state index in [2.05, 4.69) is 24.3 Å². The summed E-state index contributed by atoms with van der Waals surface area (Å²) >= 11 is 6.08. The number of carbonyl (C=O) groups excluding carboxylic acids is 1. The summed E-state index contributed by atoms with van der Waals surface area (Å²) in [4.78, 5) is 12.4. The fourth-order valence-electron chi connectivity index (χ4n) is 2.69. The molecule has 1 atom stereocenters. The van der Waals surface area contributed by atoms with Gasteiger partial charge in [0.15, 0.2) is 6.16 Å². The minimum Gasteiger partial charge on any atom is -0.496 e. The molecule has 0 bridgehead atoms. The molecule has 3 nitrogen and oxygen atoms in total. The Balaban J connectivity index is 1.74. The average molecular weight is 378 g/mol. The molecule has 132 valence electrons. The smallest absolute Gasteiger partial charge is 0.420 e. The highest BCUT2D eigenvalue weighted by molar-refractivity contribution is 7.64. The van der Waals surface area contributed by atoms with Crippen LogP contribution in [0.15, 0.2) is 48.5 Å². The molecular weight excluding hydrogens is 355 g/mol. The van der Waals surface area contributed by atoms with Gasteiger partial charge in [-0.15, -0.1) is 0 Å². The van der Waals surface area contributed by atoms with E-state index in [4.69, 9.17) is 16.3 Å². The maximum Gasteiger partial charge on any atom is 0.420 e. The van der Waals surface area contributed by atoms with Crippen molar-refractivity contribution < 1.29 is 14.1 Å². The molecule has 0 fully saturated rings. The summed E-state index contributed by atoms with van der Waals surface area (Å²) in [5, 5.41) is 0.288. The highest BCUT2D eigenvalue weighted by atomic mass is 35.5. The Morgan fingerprint density at radius 2 is 1.72 bits per heavy atom. The molecule has 0 N–H and O–H groups in total. The third-order valence-corrected chi connectivity index (χ3v) is 5.77. The summed E-state index contributed by atoms with van der Waals surface area (Å²) in [5.41, 5.74) is 1.16. The van der Waals surface area contributed by atoms with E-state index in [0.717, 1.165) is 32.1 Å². The molecule has 0 radical (unpaired) electrons. The second kappa shape index (κ2) is 10.3. The maximum absolute atomic E-state index is 12.4. The Morgan fingerprint density at radius 3 is 2.44 bits per heavy atom. The molecule has 2 aromatic carbocycles. The topological polar surface area (TPSA) is 43.4 Å². The number of rotatable bonds is 10. The predicted molar refractivity (Wildman–Crippen MR) is 103 cm³/mol. The summed E-state index contributed by atoms with van der Waals surface area (Å²) in [7, 11) is -0.500. The second-order valence-corrected chi connectivity index (χ2v) is 7.89. The van der Waals surface area contributed by atoms with Crippen molar-refractivity contribution in [2.45, 2.75) is 32.1 Å². The van der Waals surface area contributed by atoms with Crippen molar-refractivity contribution >= 4 is 24.9 Å². The van der Waals surface area contributed by atoms with E-state index < -0.39 is 13.3 Å². The summed E-state index contributed by atoms with van der Waals surface area (Å²) in [6.07, 6.45) is 5.38. The van der Waals surface area contributed by atoms with Crippen LogP contribution in [0.1, 0.15) is 41.6 Å². The van der Waals surface area contributed by atoms with Crippen LogP contribution in [0.4, 0.5) is 0 Å². The maximum atomic E-state index is 12.4. The molecule has 0 saturated carbocycles. The molecular formula is C20H23ClO3P+. The Hall–Kier alpha value is -1.70. The van der Waals surface area contributed by atoms with E-state index in [9.17, 15) is 9.36 Å². The van der Waals surface area contributed by atoms with Crippen LogP contribution in [0, 0.1) is 0 Å². The fraction of sp³-hybridized carbons (Fsp3) is 0.350. The third-order valence-electron chi connectivity index (χ3n) is 4.06. The summed E-state index contributed by atoms with van der Waals surface area (Å²) < 4.78 is 17.5. The number of halogens is 1. The first-order chi connectivity index (χ1) is 12.1. The van der Waals surface area contributed by atoms with Gasteiger partial charge in [0, 0.05) is 0 Å². The predicted octanol–water partition coefficient (Wildman–Crippen LogP) is 6.12. The van der Waals surface area contributed by atoms with Gasteiger partial charge in [0.25, 0.3) is 0 Å². The quantitative estimate of drug-likeness (QED) is 0.370. The van der Waals surface area contributed by atoms with E-state index in [-0.39, 0.29) is 10.6 Å². The number of ether oxygens (including phenoxy) is 1. The first kappa shape index (κ1) is 19.6. The Bertz CT molecular complexity index is 716. The fourth-order valence-corrected chi connectivity index (χ4v) is 4.20. The zero-order chi connectivity index (χ0) is 18.1. The van der Waals surface area contributed by atoms with Gasteiger partial charge in [0.1, 0.15) is 11.3 Å². The van der Waals surface area contributed by atoms with Crippen molar-refractivity contribution in [3.63, 3.8) is 0 Å². The first-order valence-corrected chi connectivity index (χ1v) is 10.3. The average Bonchev–Trinajstić information content (AvgIpc) is 2.64. The van der Waals surface area contributed by atoms with Gasteiger partial charge in [0.2, 0.25) is 0 Å². The second-order valence-electron chi connectivity index (χ2n) is 5.87. The molecule has 0 aromatic heterocycles. The number of methoxy groups -OCH3 is 1. The molecule has 5 heteroatoms. The standard InChI is InChI=1S/C20H23ClO3P/c1-24-18-14-9-13-17(21)19(18)20(22)25(23)15-8-3-2-5-10-16-11-6-4-7-12-16/h4,6-7,9,11-14H,2-3,5,8,10,15H2,1H3/q+1. The minimum atomic E-state index is -1.97. The van der Waals surface area contributed by atoms with E-state index in [1.807, 2.05) is 6.07 Å². The summed E-state index contributed by atoms with van der Waals surface area (Å²) in [6, 6.07) is 15.4. The lowest BCUT2D eigenvalue weighted by atomic mass is 10.1. The van der Waals surface area contributed by atoms with E-state index >= 15 is 0 Å². The molecule has 0 aliphatic rings. The lowest BCUT2D eigenvalue weighted by Gasteiger charge is -2.04. The molecule has 2 aromatic rings. The minimum absolute atomic E-state index is 0.233. The van der Waals surface area contributed by atoms with Gasteiger partial charge < -0.3 is 4.74 Å². The summed E-state index contributed by atoms with van der Waals surface area (Å²) in [6.45, 7) is 0. The van der Waals surface area contributed by atoms with Gasteiger partial charge in [-0.05, 0) is 43.4 Å². The third kappa shape index (κ3) is 5.95. The molecule has 0 saturated heterocycles. The van der Waals surface area contributed by atoms with Crippen molar-refractivity contribution in [3.05, 3.63) is 64.7 Å². The van der Waals surface area contributed by atoms with Gasteiger partial charge in [-0.2, -0.15) is 0 Å². The molecule has 25 heavy (non-hydrogen) atoms. The highest BCUT2D eigenvalue weighted by Crippen LogP contribution is 2.36. The lowest BCUT2D eigenvalue weighted by molar-refractivity contribution is 0.107. The largest absolute Gasteiger partial charge is 0.496 e. The Morgan fingerprint density at radius 1 is 1.00 bits per heavy atom. The number of hydrogen-bond donors (Lipinski definition) is 0. The van der Waals surface area contributed by atoms with Crippen LogP contribution in [0.25, 0.3) is 0 Å². The van der Waals surface area contributed by atoms with Crippen molar-refractivity contribution in [1.82, 2.24) is 0 Å². The number of hydrogen-bond acceptors (Lipinski definition) is 3. The Kier molecular flexibility index (Phi) is 8.11. The number of benzene rings is 2. The van der Waals surface area contributed by atoms with Crippen molar-refractivity contribution in [2.75, 3.05) is 13.3 Å². The van der Waals surface area contributed by atoms with Gasteiger partial charge in [-0.25, -0.2) is 4.79 Å². The van der Waals surface area contributed by atoms with E-state index in [0.29, 0.717) is 11.9 Å². The molecule has 1 unspecified atom stereocenters. The SMILES string of the molecule is COc1cccc(Cl)c1C(=O)[P+](=O)CCCCCCc1ccccc1. The van der Waals surface area contributed by atoms with Crippen LogP contribution < -0.4 is 4.74 Å². The van der Waals surface area contributed by atoms with Crippen LogP contribution in [-0.2, 0) is 11.0 Å². The van der Waals surface area contributed by atoms with Crippen molar-refractivity contribution in [1.29, 1.82) is 0 Å². The van der Waals surface area contributed by atoms with Crippen LogP contribution in [0.3, 0.4) is 0 Å². The first-order valence-electron chi connectivity index (χ1n) is 8.49. The van der Waals surface area contributed by atoms with Gasteiger partial charge in [-0.3, -0.25) is 0 Å². The molecule has 0 heterocycles. The van der Waals surface area contributed by atoms with Crippen LogP contribution in [-0.4, -0.2) is 18.8 Å². The van der Waals surface area contributed by atoms with Gasteiger partial charge >= 0.3 is 13.3 Å². The zero-order valence-corrected chi connectivity index (χ0v) is 16.1. The van der Waals surface area contributed by atoms with Crippen molar-refractivity contribution in [2.24, 2.45) is 0 Å². The zero-order valence-electron chi connectivity index (χ0n) is 14.4. The summed E-state index contributed by atoms with van der Waals surface area (Å²) in [5.74, 6) is 0.378. The van der Waals surface area contributed by atoms with Crippen LogP contribution >= 0.6 is 19.4 Å². The van der Waals surface area contributed by atoms with Crippen molar-refractivity contribution in [3.8, 4) is 5.75 Å². The molecule has 0 aliphatic heterocycles. The van der Waals surface area contributed by atoms with Gasteiger partial charge in [-0.1, -0.05) is 59.0 Å². The molecule has 0 aliphatic carbocycles. The number of unbranched alkanes of at least 4 members (excludes halogenated alkanes) is 3. The van der Waals surface area contributed by atoms with Crippen LogP contribution in [0.2, 0.25) is 5.02 Å². The lowest BCUT2D eigenvalue weighted by Crippen LogP contribution is -2.00. The molecule has 0 amide bonds. The van der Waals surface area contributed by atoms with Crippen LogP contribution in [0.5, 0.6) is 5.75 Å². The number of aryl methyl sites for hydroxylation is 1. The normalized spacial score (nSPS) is 11.2.